The SMILES string of the molecule is CN=C(NCCS(=O)(=O)NCC1CCC1)N(C)CCOc1ccc(OC)cc1.I. The molecule has 2 N–H and O–H groups in total. The van der Waals surface area contributed by atoms with Crippen molar-refractivity contribution < 1.29 is 17.9 Å². The van der Waals surface area contributed by atoms with Crippen molar-refractivity contribution >= 4 is 40.0 Å². The van der Waals surface area contributed by atoms with Crippen molar-refractivity contribution in [1.82, 2.24) is 14.9 Å². The standard InChI is InChI=1S/C19H32N4O4S.HI/c1-20-19(21-11-14-28(24,25)22-15-16-5-4-6-16)23(2)12-13-27-18-9-7-17(26-3)8-10-18;/h7-10,16,22H,4-6,11-15H2,1-3H3,(H,20,21);1H. The molecule has 0 amide bonds. The van der Waals surface area contributed by atoms with E-state index in [2.05, 4.69) is 15.0 Å². The first-order valence-electron chi connectivity index (χ1n) is 9.59. The number of nitrogens with one attached hydrogen (secondary N) is 2. The Morgan fingerprint density at radius 1 is 1.24 bits per heavy atom. The van der Waals surface area contributed by atoms with Crippen LogP contribution in [0.25, 0.3) is 0 Å². The lowest BCUT2D eigenvalue weighted by atomic mass is 9.86. The number of aliphatic imine (C=N–C) groups is 1. The van der Waals surface area contributed by atoms with Crippen LogP contribution in [0.3, 0.4) is 0 Å². The number of hydrogen-bond donors (Lipinski definition) is 2. The molecule has 0 saturated heterocycles. The molecule has 0 spiro atoms. The summed E-state index contributed by atoms with van der Waals surface area (Å²) >= 11 is 0. The van der Waals surface area contributed by atoms with E-state index in [4.69, 9.17) is 9.47 Å². The Labute approximate surface area is 191 Å². The van der Waals surface area contributed by atoms with E-state index in [0.29, 0.717) is 38.1 Å². The fourth-order valence-corrected chi connectivity index (χ4v) is 3.78. The number of guanidine groups is 1. The summed E-state index contributed by atoms with van der Waals surface area (Å²) in [4.78, 5) is 6.10. The summed E-state index contributed by atoms with van der Waals surface area (Å²) in [5, 5.41) is 3.09. The summed E-state index contributed by atoms with van der Waals surface area (Å²) in [6, 6.07) is 7.40. The summed E-state index contributed by atoms with van der Waals surface area (Å²) in [5.41, 5.74) is 0. The summed E-state index contributed by atoms with van der Waals surface area (Å²) in [6.07, 6.45) is 3.45. The van der Waals surface area contributed by atoms with Crippen LogP contribution in [0.2, 0.25) is 0 Å². The molecular weight excluding hydrogens is 507 g/mol. The maximum absolute atomic E-state index is 12.1. The van der Waals surface area contributed by atoms with Crippen molar-refractivity contribution in [3.63, 3.8) is 0 Å². The number of halogens is 1. The lowest BCUT2D eigenvalue weighted by Gasteiger charge is -2.25. The molecule has 0 aromatic heterocycles. The van der Waals surface area contributed by atoms with Crippen LogP contribution in [0.5, 0.6) is 11.5 Å². The van der Waals surface area contributed by atoms with Gasteiger partial charge in [-0.2, -0.15) is 0 Å². The lowest BCUT2D eigenvalue weighted by Crippen LogP contribution is -2.44. The Morgan fingerprint density at radius 3 is 2.45 bits per heavy atom. The van der Waals surface area contributed by atoms with Crippen LogP contribution in [-0.4, -0.2) is 72.5 Å². The Morgan fingerprint density at radius 2 is 1.90 bits per heavy atom. The van der Waals surface area contributed by atoms with Crippen LogP contribution >= 0.6 is 24.0 Å². The molecule has 1 aliphatic carbocycles. The third-order valence-electron chi connectivity index (χ3n) is 4.80. The third-order valence-corrected chi connectivity index (χ3v) is 6.15. The molecule has 10 heteroatoms. The fraction of sp³-hybridized carbons (Fsp3) is 0.632. The average Bonchev–Trinajstić information content (AvgIpc) is 2.64. The van der Waals surface area contributed by atoms with Crippen molar-refractivity contribution in [2.24, 2.45) is 10.9 Å². The molecule has 1 aliphatic rings. The van der Waals surface area contributed by atoms with Crippen molar-refractivity contribution in [3.8, 4) is 11.5 Å². The molecule has 0 atom stereocenters. The smallest absolute Gasteiger partial charge is 0.213 e. The van der Waals surface area contributed by atoms with Gasteiger partial charge in [-0.15, -0.1) is 24.0 Å². The van der Waals surface area contributed by atoms with E-state index < -0.39 is 10.0 Å². The van der Waals surface area contributed by atoms with Crippen LogP contribution < -0.4 is 19.5 Å². The average molecular weight is 540 g/mol. The highest BCUT2D eigenvalue weighted by Crippen LogP contribution is 2.25. The second kappa shape index (κ2) is 13.1. The van der Waals surface area contributed by atoms with E-state index in [1.807, 2.05) is 36.2 Å². The Kier molecular flexibility index (Phi) is 11.7. The van der Waals surface area contributed by atoms with Crippen LogP contribution in [0.1, 0.15) is 19.3 Å². The zero-order valence-electron chi connectivity index (χ0n) is 17.4. The topological polar surface area (TPSA) is 92.3 Å². The van der Waals surface area contributed by atoms with Gasteiger partial charge in [0.05, 0.1) is 19.4 Å². The lowest BCUT2D eigenvalue weighted by molar-refractivity contribution is 0.281. The van der Waals surface area contributed by atoms with Crippen molar-refractivity contribution in [2.75, 3.05) is 53.2 Å². The van der Waals surface area contributed by atoms with Gasteiger partial charge in [0.2, 0.25) is 10.0 Å². The Balaban J connectivity index is 0.00000420. The van der Waals surface area contributed by atoms with Gasteiger partial charge in [-0.05, 0) is 43.0 Å². The van der Waals surface area contributed by atoms with Crippen LogP contribution in [-0.2, 0) is 10.0 Å². The minimum Gasteiger partial charge on any atom is -0.497 e. The quantitative estimate of drug-likeness (QED) is 0.253. The van der Waals surface area contributed by atoms with Gasteiger partial charge in [0, 0.05) is 27.2 Å². The molecule has 0 heterocycles. The van der Waals surface area contributed by atoms with Crippen LogP contribution in [0.4, 0.5) is 0 Å². The minimum atomic E-state index is -3.26. The summed E-state index contributed by atoms with van der Waals surface area (Å²) in [7, 11) is 1.92. The number of ether oxygens (including phenoxy) is 2. The van der Waals surface area contributed by atoms with Gasteiger partial charge < -0.3 is 19.7 Å². The van der Waals surface area contributed by atoms with E-state index in [-0.39, 0.29) is 29.7 Å². The highest BCUT2D eigenvalue weighted by Gasteiger charge is 2.20. The normalized spacial score (nSPS) is 14.5. The van der Waals surface area contributed by atoms with Crippen molar-refractivity contribution in [2.45, 2.75) is 19.3 Å². The number of rotatable bonds is 11. The predicted octanol–water partition coefficient (Wildman–Crippen LogP) is 1.92. The van der Waals surface area contributed by atoms with Gasteiger partial charge >= 0.3 is 0 Å². The highest BCUT2D eigenvalue weighted by atomic mass is 127. The molecule has 1 aromatic carbocycles. The van der Waals surface area contributed by atoms with Gasteiger partial charge in [0.1, 0.15) is 18.1 Å². The Hall–Kier alpha value is -1.27. The van der Waals surface area contributed by atoms with Gasteiger partial charge in [-0.1, -0.05) is 6.42 Å². The molecular formula is C19H33IN4O4S. The fourth-order valence-electron chi connectivity index (χ4n) is 2.77. The molecule has 0 radical (unpaired) electrons. The third kappa shape index (κ3) is 9.39. The molecule has 166 valence electrons. The second-order valence-electron chi connectivity index (χ2n) is 6.88. The maximum atomic E-state index is 12.1. The van der Waals surface area contributed by atoms with Gasteiger partial charge in [-0.25, -0.2) is 13.1 Å². The maximum Gasteiger partial charge on any atom is 0.213 e. The van der Waals surface area contributed by atoms with Crippen molar-refractivity contribution in [3.05, 3.63) is 24.3 Å². The summed E-state index contributed by atoms with van der Waals surface area (Å²) in [6.45, 7) is 1.94. The first-order valence-corrected chi connectivity index (χ1v) is 11.2. The first kappa shape index (κ1) is 25.8. The predicted molar refractivity (Wildman–Crippen MR) is 127 cm³/mol. The number of sulfonamides is 1. The molecule has 0 aliphatic heterocycles. The van der Waals surface area contributed by atoms with E-state index >= 15 is 0 Å². The number of benzene rings is 1. The summed E-state index contributed by atoms with van der Waals surface area (Å²) in [5.74, 6) is 2.71. The molecule has 0 unspecified atom stereocenters. The van der Waals surface area contributed by atoms with Gasteiger partial charge in [0.15, 0.2) is 5.96 Å². The molecule has 29 heavy (non-hydrogen) atoms. The highest BCUT2D eigenvalue weighted by molar-refractivity contribution is 14.0. The number of nitrogens with zero attached hydrogens (tertiary/aromatic N) is 2. The largest absolute Gasteiger partial charge is 0.497 e. The molecule has 0 bridgehead atoms. The van der Waals surface area contributed by atoms with Crippen molar-refractivity contribution in [1.29, 1.82) is 0 Å². The molecule has 1 saturated carbocycles. The molecule has 8 nitrogen and oxygen atoms in total. The Bertz CT molecular complexity index is 724. The first-order chi connectivity index (χ1) is 13.4. The van der Waals surface area contributed by atoms with Gasteiger partial charge in [-0.3, -0.25) is 4.99 Å². The van der Waals surface area contributed by atoms with E-state index in [0.717, 1.165) is 24.3 Å². The van der Waals surface area contributed by atoms with Crippen LogP contribution in [0.15, 0.2) is 29.3 Å². The zero-order chi connectivity index (χ0) is 20.4. The zero-order valence-corrected chi connectivity index (χ0v) is 20.5. The number of hydrogen-bond acceptors (Lipinski definition) is 5. The van der Waals surface area contributed by atoms with Gasteiger partial charge in [0.25, 0.3) is 0 Å². The monoisotopic (exact) mass is 540 g/mol. The summed E-state index contributed by atoms with van der Waals surface area (Å²) < 4.78 is 37.6. The molecule has 1 fully saturated rings. The van der Waals surface area contributed by atoms with E-state index in [9.17, 15) is 8.42 Å². The molecule has 1 aromatic rings. The molecule has 2 rings (SSSR count). The van der Waals surface area contributed by atoms with Crippen LogP contribution in [0, 0.1) is 5.92 Å². The number of likely N-dealkylation sites (N-methyl/N-ethyl adjacent to an activating group) is 1. The minimum absolute atomic E-state index is 0. The van der Waals surface area contributed by atoms with E-state index in [1.165, 1.54) is 6.42 Å². The van der Waals surface area contributed by atoms with E-state index in [1.54, 1.807) is 14.2 Å². The second-order valence-corrected chi connectivity index (χ2v) is 8.81. The number of methoxy groups -OCH3 is 1.